The third-order valence-corrected chi connectivity index (χ3v) is 6.28. The van der Waals surface area contributed by atoms with Crippen LogP contribution >= 0.6 is 22.9 Å². The summed E-state index contributed by atoms with van der Waals surface area (Å²) < 4.78 is 7.11. The molecule has 146 valence electrons. The number of fused-ring (bicyclic) bond motifs is 1. The molecule has 0 saturated carbocycles. The highest BCUT2D eigenvalue weighted by molar-refractivity contribution is 7.17. The molecule has 1 N–H and O–H groups in total. The summed E-state index contributed by atoms with van der Waals surface area (Å²) in [7, 11) is 0. The van der Waals surface area contributed by atoms with Crippen LogP contribution in [-0.2, 0) is 24.1 Å². The predicted octanol–water partition coefficient (Wildman–Crippen LogP) is 4.70. The zero-order chi connectivity index (χ0) is 19.6. The van der Waals surface area contributed by atoms with Crippen LogP contribution in [-0.4, -0.2) is 27.8 Å². The fourth-order valence-electron chi connectivity index (χ4n) is 3.19. The lowest BCUT2D eigenvalue weighted by Gasteiger charge is -2.15. The number of aromatic nitrogens is 2. The molecule has 0 aromatic carbocycles. The van der Waals surface area contributed by atoms with Gasteiger partial charge in [0, 0.05) is 11.4 Å². The van der Waals surface area contributed by atoms with Crippen molar-refractivity contribution in [2.75, 3.05) is 5.32 Å². The maximum absolute atomic E-state index is 12.8. The van der Waals surface area contributed by atoms with E-state index in [4.69, 9.17) is 16.3 Å². The van der Waals surface area contributed by atoms with E-state index in [9.17, 15) is 9.59 Å². The molecule has 0 aliphatic heterocycles. The number of aryl methyl sites for hydroxylation is 2. The number of rotatable bonds is 6. The van der Waals surface area contributed by atoms with E-state index in [1.165, 1.54) is 17.5 Å². The highest BCUT2D eigenvalue weighted by Crippen LogP contribution is 2.39. The Balaban J connectivity index is 1.95. The molecule has 2 aromatic rings. The summed E-state index contributed by atoms with van der Waals surface area (Å²) in [5.41, 5.74) is 1.82. The summed E-state index contributed by atoms with van der Waals surface area (Å²) in [6.07, 6.45) is 5.91. The van der Waals surface area contributed by atoms with E-state index in [1.807, 2.05) is 20.8 Å². The largest absolute Gasteiger partial charge is 0.459 e. The molecule has 1 amide bonds. The van der Waals surface area contributed by atoms with Gasteiger partial charge in [0.2, 0.25) is 0 Å². The normalized spacial score (nSPS) is 14.5. The zero-order valence-electron chi connectivity index (χ0n) is 15.8. The number of ether oxygens (including phenoxy) is 1. The number of anilines is 1. The van der Waals surface area contributed by atoms with Gasteiger partial charge in [-0.05, 0) is 51.5 Å². The van der Waals surface area contributed by atoms with Gasteiger partial charge in [-0.1, -0.05) is 18.5 Å². The first-order valence-electron chi connectivity index (χ1n) is 9.34. The van der Waals surface area contributed by atoms with Crippen LogP contribution in [0.5, 0.6) is 0 Å². The number of hydrogen-bond acceptors (Lipinski definition) is 5. The second kappa shape index (κ2) is 8.44. The van der Waals surface area contributed by atoms with Gasteiger partial charge in [0.15, 0.2) is 0 Å². The number of carbonyl (C=O) groups excluding carboxylic acids is 2. The van der Waals surface area contributed by atoms with Crippen LogP contribution < -0.4 is 5.32 Å². The quantitative estimate of drug-likeness (QED) is 0.701. The lowest BCUT2D eigenvalue weighted by atomic mass is 9.95. The third-order valence-electron chi connectivity index (χ3n) is 4.80. The number of thiophene rings is 1. The maximum Gasteiger partial charge on any atom is 0.341 e. The second-order valence-electron chi connectivity index (χ2n) is 6.65. The van der Waals surface area contributed by atoms with Crippen molar-refractivity contribution >= 4 is 39.8 Å². The van der Waals surface area contributed by atoms with Crippen LogP contribution in [0.1, 0.15) is 71.3 Å². The predicted molar refractivity (Wildman–Crippen MR) is 107 cm³/mol. The third kappa shape index (κ3) is 4.04. The Hall–Kier alpha value is -1.86. The monoisotopic (exact) mass is 409 g/mol. The molecule has 2 aromatic heterocycles. The van der Waals surface area contributed by atoms with Gasteiger partial charge in [-0.3, -0.25) is 9.48 Å². The molecule has 0 radical (unpaired) electrons. The highest BCUT2D eigenvalue weighted by Gasteiger charge is 2.29. The van der Waals surface area contributed by atoms with E-state index < -0.39 is 0 Å². The van der Waals surface area contributed by atoms with Crippen LogP contribution in [0.25, 0.3) is 0 Å². The number of nitrogens with one attached hydrogen (secondary N) is 1. The molecule has 0 fully saturated rings. The Morgan fingerprint density at radius 2 is 2.11 bits per heavy atom. The Morgan fingerprint density at radius 3 is 2.81 bits per heavy atom. The summed E-state index contributed by atoms with van der Waals surface area (Å²) in [5.74, 6) is -0.732. The van der Waals surface area contributed by atoms with Crippen molar-refractivity contribution < 1.29 is 14.3 Å². The number of nitrogens with zero attached hydrogens (tertiary/aromatic N) is 2. The van der Waals surface area contributed by atoms with Gasteiger partial charge >= 0.3 is 5.97 Å². The van der Waals surface area contributed by atoms with Gasteiger partial charge in [0.05, 0.1) is 22.9 Å². The Kier molecular flexibility index (Phi) is 6.22. The van der Waals surface area contributed by atoms with E-state index in [2.05, 4.69) is 10.4 Å². The first kappa shape index (κ1) is 19.9. The SMILES string of the molecule is CCC(C)OC(=O)c1c(NC(=O)c2c(Cl)cnn2CC)sc2c1CCCC2. The minimum absolute atomic E-state index is 0.170. The van der Waals surface area contributed by atoms with Crippen LogP contribution in [0, 0.1) is 0 Å². The van der Waals surface area contributed by atoms with E-state index >= 15 is 0 Å². The molecule has 3 rings (SSSR count). The molecule has 8 heteroatoms. The van der Waals surface area contributed by atoms with Gasteiger partial charge in [-0.2, -0.15) is 5.10 Å². The number of amides is 1. The van der Waals surface area contributed by atoms with E-state index in [0.29, 0.717) is 27.8 Å². The van der Waals surface area contributed by atoms with Crippen molar-refractivity contribution in [2.24, 2.45) is 0 Å². The molecule has 0 bridgehead atoms. The fraction of sp³-hybridized carbons (Fsp3) is 0.526. The van der Waals surface area contributed by atoms with Crippen molar-refractivity contribution in [1.82, 2.24) is 9.78 Å². The van der Waals surface area contributed by atoms with Crippen LogP contribution in [0.4, 0.5) is 5.00 Å². The first-order chi connectivity index (χ1) is 13.0. The van der Waals surface area contributed by atoms with Gasteiger partial charge in [0.1, 0.15) is 10.7 Å². The molecular formula is C19H24ClN3O3S. The number of esters is 1. The standard InChI is InChI=1S/C19H24ClN3O3S/c1-4-11(3)26-19(25)15-12-8-6-7-9-14(12)27-18(15)22-17(24)16-13(20)10-21-23(16)5-2/h10-11H,4-9H2,1-3H3,(H,22,24). The van der Waals surface area contributed by atoms with Crippen molar-refractivity contribution in [3.63, 3.8) is 0 Å². The molecule has 27 heavy (non-hydrogen) atoms. The Morgan fingerprint density at radius 1 is 1.37 bits per heavy atom. The highest BCUT2D eigenvalue weighted by atomic mass is 35.5. The minimum Gasteiger partial charge on any atom is -0.459 e. The molecule has 0 spiro atoms. The van der Waals surface area contributed by atoms with Crippen LogP contribution in [0.3, 0.4) is 0 Å². The zero-order valence-corrected chi connectivity index (χ0v) is 17.4. The molecule has 2 heterocycles. The number of carbonyl (C=O) groups is 2. The number of halogens is 1. The molecule has 1 aliphatic rings. The average molecular weight is 410 g/mol. The average Bonchev–Trinajstić information content (AvgIpc) is 3.20. The molecule has 6 nitrogen and oxygen atoms in total. The molecule has 1 unspecified atom stereocenters. The summed E-state index contributed by atoms with van der Waals surface area (Å²) >= 11 is 7.61. The van der Waals surface area contributed by atoms with Gasteiger partial charge < -0.3 is 10.1 Å². The second-order valence-corrected chi connectivity index (χ2v) is 8.16. The van der Waals surface area contributed by atoms with E-state index in [1.54, 1.807) is 4.68 Å². The summed E-state index contributed by atoms with van der Waals surface area (Å²) in [5, 5.41) is 7.83. The lowest BCUT2D eigenvalue weighted by molar-refractivity contribution is 0.0335. The number of hydrogen-bond donors (Lipinski definition) is 1. The van der Waals surface area contributed by atoms with Crippen molar-refractivity contribution in [3.05, 3.63) is 32.9 Å². The molecule has 1 aliphatic carbocycles. The smallest absolute Gasteiger partial charge is 0.341 e. The van der Waals surface area contributed by atoms with Crippen molar-refractivity contribution in [3.8, 4) is 0 Å². The lowest BCUT2D eigenvalue weighted by Crippen LogP contribution is -2.20. The van der Waals surface area contributed by atoms with Crippen LogP contribution in [0.15, 0.2) is 6.20 Å². The molecule has 0 saturated heterocycles. The summed E-state index contributed by atoms with van der Waals surface area (Å²) in [6.45, 7) is 6.25. The van der Waals surface area contributed by atoms with Gasteiger partial charge in [-0.15, -0.1) is 11.3 Å². The van der Waals surface area contributed by atoms with E-state index in [0.717, 1.165) is 42.5 Å². The Labute approximate surface area is 167 Å². The van der Waals surface area contributed by atoms with Gasteiger partial charge in [0.25, 0.3) is 5.91 Å². The minimum atomic E-state index is -0.367. The van der Waals surface area contributed by atoms with E-state index in [-0.39, 0.29) is 18.0 Å². The molecular weight excluding hydrogens is 386 g/mol. The first-order valence-corrected chi connectivity index (χ1v) is 10.5. The fourth-order valence-corrected chi connectivity index (χ4v) is 4.68. The van der Waals surface area contributed by atoms with Crippen molar-refractivity contribution in [2.45, 2.75) is 65.5 Å². The maximum atomic E-state index is 12.8. The van der Waals surface area contributed by atoms with Gasteiger partial charge in [-0.25, -0.2) is 4.79 Å². The summed E-state index contributed by atoms with van der Waals surface area (Å²) in [4.78, 5) is 26.8. The summed E-state index contributed by atoms with van der Waals surface area (Å²) in [6, 6.07) is 0. The van der Waals surface area contributed by atoms with Crippen LogP contribution in [0.2, 0.25) is 5.02 Å². The Bertz CT molecular complexity index is 859. The topological polar surface area (TPSA) is 73.2 Å². The van der Waals surface area contributed by atoms with Crippen molar-refractivity contribution in [1.29, 1.82) is 0 Å². The molecule has 1 atom stereocenters.